The van der Waals surface area contributed by atoms with Crippen molar-refractivity contribution in [1.29, 1.82) is 0 Å². The molecule has 2 unspecified atom stereocenters. The van der Waals surface area contributed by atoms with Crippen LogP contribution in [-0.2, 0) is 14.3 Å². The lowest BCUT2D eigenvalue weighted by molar-refractivity contribution is -0.158. The summed E-state index contributed by atoms with van der Waals surface area (Å²) in [6, 6.07) is 15.9. The summed E-state index contributed by atoms with van der Waals surface area (Å²) < 4.78 is 11.0. The molecule has 1 N–H and O–H groups in total. The van der Waals surface area contributed by atoms with Gasteiger partial charge in [0.05, 0.1) is 18.6 Å². The fraction of sp³-hybridized carbons (Fsp3) is 0.548. The number of carbonyl (C=O) groups is 2. The lowest BCUT2D eigenvalue weighted by Gasteiger charge is -2.33. The molecule has 1 fully saturated rings. The quantitative estimate of drug-likeness (QED) is 0.356. The highest BCUT2D eigenvalue weighted by Gasteiger charge is 2.32. The summed E-state index contributed by atoms with van der Waals surface area (Å²) in [5.41, 5.74) is 2.24. The average Bonchev–Trinajstić information content (AvgIpc) is 2.88. The number of amides is 1. The molecule has 0 bridgehead atoms. The Balaban J connectivity index is 1.74. The lowest BCUT2D eigenvalue weighted by Crippen LogP contribution is -2.39. The van der Waals surface area contributed by atoms with Gasteiger partial charge in [-0.3, -0.25) is 4.79 Å². The number of rotatable bonds is 11. The van der Waals surface area contributed by atoms with Gasteiger partial charge in [0.15, 0.2) is 5.60 Å². The third kappa shape index (κ3) is 7.73. The number of benzene rings is 2. The van der Waals surface area contributed by atoms with Gasteiger partial charge in [-0.05, 0) is 88.6 Å². The van der Waals surface area contributed by atoms with Crippen molar-refractivity contribution in [2.75, 3.05) is 24.6 Å². The SMILES string of the molecule is CCOC(=O)C(C)(C)Oc1ccc(C(C)C(=O)NC(CC(C)C)c2ccccc2N2CCCCC2)cc1. The second-order valence-electron chi connectivity index (χ2n) is 10.9. The third-order valence-electron chi connectivity index (χ3n) is 6.95. The van der Waals surface area contributed by atoms with E-state index >= 15 is 0 Å². The Kier molecular flexibility index (Phi) is 10.0. The monoisotopic (exact) mass is 508 g/mol. The van der Waals surface area contributed by atoms with Gasteiger partial charge in [0, 0.05) is 18.8 Å². The maximum atomic E-state index is 13.5. The standard InChI is InChI=1S/C31H44N2O4/c1-7-36-30(35)31(5,6)37-25-17-15-24(16-18-25)23(4)29(34)32-27(21-22(2)3)26-13-9-10-14-28(26)33-19-11-8-12-20-33/h9-10,13-18,22-23,27H,7-8,11-12,19-21H2,1-6H3,(H,32,34). The van der Waals surface area contributed by atoms with Gasteiger partial charge in [-0.1, -0.05) is 44.2 Å². The summed E-state index contributed by atoms with van der Waals surface area (Å²) in [6.45, 7) is 13.9. The fourth-order valence-corrected chi connectivity index (χ4v) is 4.85. The second kappa shape index (κ2) is 13.0. The lowest BCUT2D eigenvalue weighted by atomic mass is 9.93. The van der Waals surface area contributed by atoms with Gasteiger partial charge in [0.1, 0.15) is 5.75 Å². The van der Waals surface area contributed by atoms with Crippen LogP contribution in [0.4, 0.5) is 5.69 Å². The largest absolute Gasteiger partial charge is 0.476 e. The summed E-state index contributed by atoms with van der Waals surface area (Å²) in [5.74, 6) is 0.258. The molecule has 0 spiro atoms. The van der Waals surface area contributed by atoms with Gasteiger partial charge in [-0.25, -0.2) is 4.79 Å². The van der Waals surface area contributed by atoms with E-state index in [0.29, 0.717) is 18.3 Å². The molecule has 6 heteroatoms. The molecule has 6 nitrogen and oxygen atoms in total. The van der Waals surface area contributed by atoms with E-state index in [-0.39, 0.29) is 17.9 Å². The zero-order valence-corrected chi connectivity index (χ0v) is 23.4. The number of para-hydroxylation sites is 1. The number of hydrogen-bond acceptors (Lipinski definition) is 5. The average molecular weight is 509 g/mol. The van der Waals surface area contributed by atoms with E-state index in [1.54, 1.807) is 32.9 Å². The predicted octanol–water partition coefficient (Wildman–Crippen LogP) is 6.40. The van der Waals surface area contributed by atoms with Gasteiger partial charge >= 0.3 is 5.97 Å². The molecule has 0 aromatic heterocycles. The molecule has 1 heterocycles. The Morgan fingerprint density at radius 1 is 0.973 bits per heavy atom. The maximum absolute atomic E-state index is 13.5. The van der Waals surface area contributed by atoms with Crippen molar-refractivity contribution in [3.05, 3.63) is 59.7 Å². The Morgan fingerprint density at radius 3 is 2.24 bits per heavy atom. The van der Waals surface area contributed by atoms with E-state index in [0.717, 1.165) is 25.1 Å². The summed E-state index contributed by atoms with van der Waals surface area (Å²) in [7, 11) is 0. The smallest absolute Gasteiger partial charge is 0.349 e. The van der Waals surface area contributed by atoms with Crippen molar-refractivity contribution in [3.63, 3.8) is 0 Å². The Labute approximate surface area is 222 Å². The zero-order valence-electron chi connectivity index (χ0n) is 23.4. The molecule has 2 aromatic rings. The number of carbonyl (C=O) groups excluding carboxylic acids is 2. The molecule has 2 atom stereocenters. The van der Waals surface area contributed by atoms with Gasteiger partial charge < -0.3 is 19.7 Å². The van der Waals surface area contributed by atoms with Crippen LogP contribution in [0.25, 0.3) is 0 Å². The Bertz CT molecular complexity index is 1030. The third-order valence-corrected chi connectivity index (χ3v) is 6.95. The van der Waals surface area contributed by atoms with Crippen LogP contribution in [0, 0.1) is 5.92 Å². The summed E-state index contributed by atoms with van der Waals surface area (Å²) in [6.07, 6.45) is 4.58. The van der Waals surface area contributed by atoms with Crippen LogP contribution < -0.4 is 15.0 Å². The zero-order chi connectivity index (χ0) is 27.0. The molecule has 0 saturated carbocycles. The van der Waals surface area contributed by atoms with E-state index in [1.165, 1.54) is 30.5 Å². The molecule has 0 radical (unpaired) electrons. The predicted molar refractivity (Wildman–Crippen MR) is 149 cm³/mol. The number of nitrogens with one attached hydrogen (secondary N) is 1. The van der Waals surface area contributed by atoms with E-state index in [1.807, 2.05) is 19.1 Å². The van der Waals surface area contributed by atoms with Crippen molar-refractivity contribution >= 4 is 17.6 Å². The molecule has 2 aromatic carbocycles. The van der Waals surface area contributed by atoms with Crippen molar-refractivity contribution in [2.45, 2.75) is 84.8 Å². The molecule has 1 saturated heterocycles. The summed E-state index contributed by atoms with van der Waals surface area (Å²) in [5, 5.41) is 3.37. The number of piperidine rings is 1. The van der Waals surface area contributed by atoms with E-state index in [4.69, 9.17) is 9.47 Å². The van der Waals surface area contributed by atoms with E-state index in [9.17, 15) is 9.59 Å². The maximum Gasteiger partial charge on any atom is 0.349 e. The minimum Gasteiger partial charge on any atom is -0.476 e. The molecule has 37 heavy (non-hydrogen) atoms. The highest BCUT2D eigenvalue weighted by atomic mass is 16.6. The first-order valence-corrected chi connectivity index (χ1v) is 13.7. The summed E-state index contributed by atoms with van der Waals surface area (Å²) in [4.78, 5) is 28.1. The van der Waals surface area contributed by atoms with Gasteiger partial charge in [0.25, 0.3) is 0 Å². The first-order valence-electron chi connectivity index (χ1n) is 13.7. The van der Waals surface area contributed by atoms with Gasteiger partial charge in [-0.15, -0.1) is 0 Å². The van der Waals surface area contributed by atoms with Crippen molar-refractivity contribution in [3.8, 4) is 5.75 Å². The van der Waals surface area contributed by atoms with Crippen LogP contribution in [0.2, 0.25) is 0 Å². The number of anilines is 1. The Morgan fingerprint density at radius 2 is 1.62 bits per heavy atom. The van der Waals surface area contributed by atoms with Crippen LogP contribution in [0.5, 0.6) is 5.75 Å². The molecule has 0 aliphatic carbocycles. The normalized spacial score (nSPS) is 15.7. The van der Waals surface area contributed by atoms with Gasteiger partial charge in [0.2, 0.25) is 5.91 Å². The van der Waals surface area contributed by atoms with Gasteiger partial charge in [-0.2, -0.15) is 0 Å². The van der Waals surface area contributed by atoms with Crippen LogP contribution in [-0.4, -0.2) is 37.2 Å². The molecule has 1 amide bonds. The molecular formula is C31H44N2O4. The Hall–Kier alpha value is -3.02. The van der Waals surface area contributed by atoms with Crippen LogP contribution in [0.1, 0.15) is 90.3 Å². The van der Waals surface area contributed by atoms with Crippen LogP contribution in [0.3, 0.4) is 0 Å². The highest BCUT2D eigenvalue weighted by molar-refractivity contribution is 5.84. The molecule has 1 aliphatic heterocycles. The topological polar surface area (TPSA) is 67.9 Å². The molecule has 1 aliphatic rings. The number of nitrogens with zero attached hydrogens (tertiary/aromatic N) is 1. The van der Waals surface area contributed by atoms with E-state index < -0.39 is 11.6 Å². The fourth-order valence-electron chi connectivity index (χ4n) is 4.85. The summed E-state index contributed by atoms with van der Waals surface area (Å²) >= 11 is 0. The number of hydrogen-bond donors (Lipinski definition) is 1. The number of esters is 1. The van der Waals surface area contributed by atoms with E-state index in [2.05, 4.69) is 48.3 Å². The minimum atomic E-state index is -1.09. The molecule has 202 valence electrons. The first-order chi connectivity index (χ1) is 17.6. The molecule has 3 rings (SSSR count). The van der Waals surface area contributed by atoms with Crippen molar-refractivity contribution in [1.82, 2.24) is 5.32 Å². The minimum absolute atomic E-state index is 0.000353. The first kappa shape index (κ1) is 28.5. The van der Waals surface area contributed by atoms with Crippen molar-refractivity contribution < 1.29 is 19.1 Å². The molecular weight excluding hydrogens is 464 g/mol. The van der Waals surface area contributed by atoms with Crippen LogP contribution in [0.15, 0.2) is 48.5 Å². The van der Waals surface area contributed by atoms with Crippen molar-refractivity contribution in [2.24, 2.45) is 5.92 Å². The second-order valence-corrected chi connectivity index (χ2v) is 10.9. The highest BCUT2D eigenvalue weighted by Crippen LogP contribution is 2.33. The number of ether oxygens (including phenoxy) is 2. The van der Waals surface area contributed by atoms with Crippen LogP contribution >= 0.6 is 0 Å².